The van der Waals surface area contributed by atoms with Crippen molar-refractivity contribution in [3.8, 4) is 0 Å². The van der Waals surface area contributed by atoms with Crippen molar-refractivity contribution in [2.75, 3.05) is 13.1 Å². The predicted octanol–water partition coefficient (Wildman–Crippen LogP) is 0.978. The average Bonchev–Trinajstić information content (AvgIpc) is 2.45. The maximum absolute atomic E-state index is 12.4. The number of carbonyl (C=O) groups is 1. The second-order valence-electron chi connectivity index (χ2n) is 5.69. The molecule has 4 nitrogen and oxygen atoms in total. The maximum atomic E-state index is 12.4. The number of aliphatic hydroxyl groups excluding tert-OH is 1. The van der Waals surface area contributed by atoms with E-state index in [2.05, 4.69) is 10.6 Å². The van der Waals surface area contributed by atoms with E-state index in [0.29, 0.717) is 13.0 Å². The lowest BCUT2D eigenvalue weighted by molar-refractivity contribution is -0.141. The Morgan fingerprint density at radius 2 is 2.05 bits per heavy atom. The van der Waals surface area contributed by atoms with Gasteiger partial charge in [0.05, 0.1) is 17.6 Å². The van der Waals surface area contributed by atoms with E-state index in [-0.39, 0.29) is 11.9 Å². The van der Waals surface area contributed by atoms with Crippen LogP contribution in [-0.4, -0.2) is 30.2 Å². The summed E-state index contributed by atoms with van der Waals surface area (Å²) in [6.45, 7) is 1.64. The van der Waals surface area contributed by atoms with Gasteiger partial charge in [0.25, 0.3) is 0 Å². The van der Waals surface area contributed by atoms with Crippen LogP contribution in [0.1, 0.15) is 30.9 Å². The quantitative estimate of drug-likeness (QED) is 0.705. The van der Waals surface area contributed by atoms with Crippen molar-refractivity contribution in [3.05, 3.63) is 35.9 Å². The second kappa shape index (κ2) is 4.94. The smallest absolute Gasteiger partial charge is 0.228 e. The Morgan fingerprint density at radius 3 is 2.74 bits per heavy atom. The molecular formula is C15H20N2O2. The molecule has 2 saturated heterocycles. The molecule has 0 radical (unpaired) electrons. The summed E-state index contributed by atoms with van der Waals surface area (Å²) in [6, 6.07) is 9.42. The fraction of sp³-hybridized carbons (Fsp3) is 0.533. The molecule has 0 unspecified atom stereocenters. The van der Waals surface area contributed by atoms with E-state index in [4.69, 9.17) is 0 Å². The van der Waals surface area contributed by atoms with Crippen molar-refractivity contribution in [2.45, 2.75) is 31.4 Å². The third-order valence-corrected chi connectivity index (χ3v) is 4.38. The summed E-state index contributed by atoms with van der Waals surface area (Å²) in [4.78, 5) is 12.4. The molecule has 4 heteroatoms. The lowest BCUT2D eigenvalue weighted by atomic mass is 9.71. The lowest BCUT2D eigenvalue weighted by Crippen LogP contribution is -2.58. The minimum absolute atomic E-state index is 0.0823. The second-order valence-corrected chi connectivity index (χ2v) is 5.69. The molecule has 0 aliphatic carbocycles. The largest absolute Gasteiger partial charge is 0.391 e. The number of carbonyl (C=O) groups excluding carboxylic acids is 1. The summed E-state index contributed by atoms with van der Waals surface area (Å²) in [6.07, 6.45) is 1.89. The molecular weight excluding hydrogens is 240 g/mol. The zero-order valence-electron chi connectivity index (χ0n) is 10.9. The van der Waals surface area contributed by atoms with E-state index in [1.165, 1.54) is 0 Å². The molecule has 2 aliphatic heterocycles. The number of amides is 1. The van der Waals surface area contributed by atoms with Crippen molar-refractivity contribution in [3.63, 3.8) is 0 Å². The molecule has 19 heavy (non-hydrogen) atoms. The summed E-state index contributed by atoms with van der Waals surface area (Å²) in [7, 11) is 0. The first-order valence-electron chi connectivity index (χ1n) is 6.96. The summed E-state index contributed by atoms with van der Waals surface area (Å²) >= 11 is 0. The van der Waals surface area contributed by atoms with Crippen LogP contribution >= 0.6 is 0 Å². The van der Waals surface area contributed by atoms with Crippen LogP contribution in [-0.2, 0) is 4.79 Å². The molecule has 2 aliphatic rings. The van der Waals surface area contributed by atoms with Gasteiger partial charge in [-0.05, 0) is 31.4 Å². The topological polar surface area (TPSA) is 61.4 Å². The Morgan fingerprint density at radius 1 is 1.26 bits per heavy atom. The molecule has 0 aromatic heterocycles. The first-order valence-corrected chi connectivity index (χ1v) is 6.96. The number of hydrogen-bond acceptors (Lipinski definition) is 3. The molecule has 1 spiro atoms. The first-order chi connectivity index (χ1) is 9.21. The highest BCUT2D eigenvalue weighted by molar-refractivity contribution is 5.84. The Balaban J connectivity index is 1.81. The van der Waals surface area contributed by atoms with Gasteiger partial charge in [-0.2, -0.15) is 0 Å². The van der Waals surface area contributed by atoms with E-state index in [9.17, 15) is 9.90 Å². The highest BCUT2D eigenvalue weighted by atomic mass is 16.3. The molecule has 2 heterocycles. The number of aliphatic hydroxyl groups is 1. The molecule has 102 valence electrons. The van der Waals surface area contributed by atoms with Gasteiger partial charge in [-0.1, -0.05) is 30.3 Å². The van der Waals surface area contributed by atoms with E-state index >= 15 is 0 Å². The van der Waals surface area contributed by atoms with Crippen LogP contribution in [0.4, 0.5) is 0 Å². The van der Waals surface area contributed by atoms with Crippen LogP contribution < -0.4 is 10.6 Å². The molecule has 3 rings (SSSR count). The zero-order valence-corrected chi connectivity index (χ0v) is 10.9. The molecule has 1 aromatic carbocycles. The first kappa shape index (κ1) is 12.6. The Labute approximate surface area is 113 Å². The van der Waals surface area contributed by atoms with Gasteiger partial charge >= 0.3 is 0 Å². The minimum Gasteiger partial charge on any atom is -0.391 e. The van der Waals surface area contributed by atoms with Crippen LogP contribution in [0.25, 0.3) is 0 Å². The van der Waals surface area contributed by atoms with Crippen LogP contribution in [0.5, 0.6) is 0 Å². The molecule has 0 saturated carbocycles. The van der Waals surface area contributed by atoms with Crippen LogP contribution in [0.15, 0.2) is 30.3 Å². The Hall–Kier alpha value is -1.39. The molecule has 3 N–H and O–H groups in total. The van der Waals surface area contributed by atoms with E-state index in [0.717, 1.165) is 24.9 Å². The van der Waals surface area contributed by atoms with E-state index < -0.39 is 11.5 Å². The van der Waals surface area contributed by atoms with Gasteiger partial charge in [0, 0.05) is 6.54 Å². The van der Waals surface area contributed by atoms with Gasteiger partial charge in [-0.15, -0.1) is 0 Å². The van der Waals surface area contributed by atoms with Crippen LogP contribution in [0, 0.1) is 5.41 Å². The van der Waals surface area contributed by atoms with Crippen molar-refractivity contribution >= 4 is 5.91 Å². The van der Waals surface area contributed by atoms with Gasteiger partial charge in [0.2, 0.25) is 5.91 Å². The van der Waals surface area contributed by atoms with Crippen molar-refractivity contribution in [1.82, 2.24) is 10.6 Å². The van der Waals surface area contributed by atoms with Gasteiger partial charge in [-0.25, -0.2) is 0 Å². The molecule has 0 bridgehead atoms. The molecule has 1 aromatic rings. The normalized spacial score (nSPS) is 35.1. The van der Waals surface area contributed by atoms with Crippen LogP contribution in [0.2, 0.25) is 0 Å². The predicted molar refractivity (Wildman–Crippen MR) is 72.5 cm³/mol. The number of piperidine rings is 2. The highest BCUT2D eigenvalue weighted by Gasteiger charge is 2.47. The fourth-order valence-electron chi connectivity index (χ4n) is 3.30. The minimum atomic E-state index is -0.514. The summed E-state index contributed by atoms with van der Waals surface area (Å²) in [5, 5.41) is 16.7. The number of nitrogens with one attached hydrogen (secondary N) is 2. The van der Waals surface area contributed by atoms with Gasteiger partial charge in [-0.3, -0.25) is 4.79 Å². The summed E-state index contributed by atoms with van der Waals surface area (Å²) < 4.78 is 0. The fourth-order valence-corrected chi connectivity index (χ4v) is 3.30. The number of rotatable bonds is 1. The lowest BCUT2D eigenvalue weighted by Gasteiger charge is -2.44. The zero-order chi connectivity index (χ0) is 13.3. The van der Waals surface area contributed by atoms with Crippen molar-refractivity contribution < 1.29 is 9.90 Å². The third kappa shape index (κ3) is 2.26. The van der Waals surface area contributed by atoms with Crippen molar-refractivity contribution in [1.29, 1.82) is 0 Å². The van der Waals surface area contributed by atoms with E-state index in [1.807, 2.05) is 30.3 Å². The van der Waals surface area contributed by atoms with Crippen LogP contribution in [0.3, 0.4) is 0 Å². The van der Waals surface area contributed by atoms with E-state index in [1.54, 1.807) is 0 Å². The SMILES string of the molecule is O=C1N[C@@H](c2ccccc2)[C@H](O)C[C@@]12CCCNC2. The molecule has 3 atom stereocenters. The Bertz CT molecular complexity index is 454. The molecule has 1 amide bonds. The standard InChI is InChI=1S/C15H20N2O2/c18-12-9-15(7-4-8-16-10-15)14(19)17-13(12)11-5-2-1-3-6-11/h1-3,5-6,12-13,16,18H,4,7-10H2,(H,17,19)/t12-,13+,15-/m1/s1. The number of hydrogen-bond donors (Lipinski definition) is 3. The monoisotopic (exact) mass is 260 g/mol. The third-order valence-electron chi connectivity index (χ3n) is 4.38. The Kier molecular flexibility index (Phi) is 3.29. The van der Waals surface area contributed by atoms with Gasteiger partial charge in [0.1, 0.15) is 0 Å². The van der Waals surface area contributed by atoms with Gasteiger partial charge in [0.15, 0.2) is 0 Å². The average molecular weight is 260 g/mol. The summed E-state index contributed by atoms with van der Waals surface area (Å²) in [5.74, 6) is 0.0823. The van der Waals surface area contributed by atoms with Gasteiger partial charge < -0.3 is 15.7 Å². The number of benzene rings is 1. The van der Waals surface area contributed by atoms with Crippen molar-refractivity contribution in [2.24, 2.45) is 5.41 Å². The summed E-state index contributed by atoms with van der Waals surface area (Å²) in [5.41, 5.74) is 0.560. The maximum Gasteiger partial charge on any atom is 0.228 e. The molecule has 2 fully saturated rings. The highest BCUT2D eigenvalue weighted by Crippen LogP contribution is 2.39.